The second-order valence-corrected chi connectivity index (χ2v) is 6.89. The molecule has 0 saturated carbocycles. The van der Waals surface area contributed by atoms with Crippen LogP contribution >= 0.6 is 0 Å². The van der Waals surface area contributed by atoms with Crippen LogP contribution in [0.2, 0.25) is 3.17 Å². The van der Waals surface area contributed by atoms with Gasteiger partial charge in [0.25, 0.3) is 0 Å². The van der Waals surface area contributed by atoms with E-state index in [2.05, 4.69) is 13.8 Å². The Bertz CT molecular complexity index is 205. The Labute approximate surface area is 128 Å². The SMILES string of the molecule is CCCCCCCC[CH](C)[Na].O=C(O)CC(=O)O. The van der Waals surface area contributed by atoms with Crippen molar-refractivity contribution in [1.82, 2.24) is 0 Å². The first-order valence-electron chi connectivity index (χ1n) is 6.83. The van der Waals surface area contributed by atoms with Gasteiger partial charge in [-0.3, -0.25) is 9.59 Å². The Balaban J connectivity index is 0. The standard InChI is InChI=1S/C10H21.C3H4O4.Na/c1-3-5-7-9-10-8-6-4-2;4-2(5)1-3(6)7;/h3H,4-10H2,1-2H3;1H2,(H,4,5)(H,6,7);. The van der Waals surface area contributed by atoms with Crippen LogP contribution in [0.5, 0.6) is 0 Å². The first-order chi connectivity index (χ1) is 8.40. The third kappa shape index (κ3) is 25.0. The van der Waals surface area contributed by atoms with Crippen LogP contribution in [-0.4, -0.2) is 50.1 Å². The summed E-state index contributed by atoms with van der Waals surface area (Å²) in [4.78, 5) is 18.9. The van der Waals surface area contributed by atoms with E-state index in [1.54, 1.807) is 0 Å². The normalized spacial score (nSPS) is 11.3. The van der Waals surface area contributed by atoms with Gasteiger partial charge in [-0.2, -0.15) is 0 Å². The van der Waals surface area contributed by atoms with E-state index in [4.69, 9.17) is 10.2 Å². The average molecular weight is 268 g/mol. The number of rotatable bonds is 9. The molecule has 0 fully saturated rings. The van der Waals surface area contributed by atoms with Gasteiger partial charge in [-0.05, 0) is 0 Å². The maximum absolute atomic E-state index is 9.43. The van der Waals surface area contributed by atoms with Crippen molar-refractivity contribution >= 4 is 39.9 Å². The van der Waals surface area contributed by atoms with E-state index in [1.807, 2.05) is 0 Å². The fraction of sp³-hybridized carbons (Fsp3) is 0.846. The molecule has 1 unspecified atom stereocenters. The summed E-state index contributed by atoms with van der Waals surface area (Å²) < 4.78 is 1.04. The molecule has 0 spiro atoms. The van der Waals surface area contributed by atoms with E-state index in [-0.39, 0.29) is 0 Å². The fourth-order valence-corrected chi connectivity index (χ4v) is 1.87. The molecule has 0 amide bonds. The summed E-state index contributed by atoms with van der Waals surface area (Å²) >= 11 is 1.39. The van der Waals surface area contributed by atoms with E-state index < -0.39 is 18.4 Å². The minimum absolute atomic E-state index is 0.806. The summed E-state index contributed by atoms with van der Waals surface area (Å²) in [5, 5.41) is 15.4. The molecular weight excluding hydrogens is 243 g/mol. The predicted molar refractivity (Wildman–Crippen MR) is 73.1 cm³/mol. The number of carboxylic acids is 2. The number of carbonyl (C=O) groups is 2. The van der Waals surface area contributed by atoms with Crippen LogP contribution in [0.15, 0.2) is 0 Å². The summed E-state index contributed by atoms with van der Waals surface area (Å²) in [6.45, 7) is 4.65. The van der Waals surface area contributed by atoms with Gasteiger partial charge in [-0.25, -0.2) is 0 Å². The van der Waals surface area contributed by atoms with Crippen LogP contribution in [0.1, 0.15) is 65.2 Å². The number of aliphatic carboxylic acids is 2. The molecule has 102 valence electrons. The predicted octanol–water partition coefficient (Wildman–Crippen LogP) is 3.26. The molecular formula is C13H25NaO4. The van der Waals surface area contributed by atoms with Gasteiger partial charge in [0.05, 0.1) is 0 Å². The van der Waals surface area contributed by atoms with Gasteiger partial charge >= 0.3 is 102 Å². The van der Waals surface area contributed by atoms with Crippen molar-refractivity contribution in [3.05, 3.63) is 0 Å². The number of hydrogen-bond donors (Lipinski definition) is 2. The van der Waals surface area contributed by atoms with Crippen molar-refractivity contribution in [1.29, 1.82) is 0 Å². The zero-order valence-electron chi connectivity index (χ0n) is 11.9. The molecule has 0 bridgehead atoms. The summed E-state index contributed by atoms with van der Waals surface area (Å²) in [6, 6.07) is 0. The van der Waals surface area contributed by atoms with Crippen LogP contribution in [-0.2, 0) is 9.59 Å². The van der Waals surface area contributed by atoms with E-state index in [1.165, 1.54) is 72.9 Å². The Morgan fingerprint density at radius 1 is 1.00 bits per heavy atom. The van der Waals surface area contributed by atoms with Crippen LogP contribution < -0.4 is 0 Å². The average Bonchev–Trinajstić information content (AvgIpc) is 2.21. The molecule has 4 nitrogen and oxygen atoms in total. The summed E-state index contributed by atoms with van der Waals surface area (Å²) in [5.41, 5.74) is 0. The smallest absolute Gasteiger partial charge is 0.314 e. The molecule has 0 aliphatic rings. The number of unbranched alkanes of at least 4 members (excludes halogenated alkanes) is 5. The molecule has 0 rings (SSSR count). The van der Waals surface area contributed by atoms with Crippen LogP contribution in [0.25, 0.3) is 0 Å². The van der Waals surface area contributed by atoms with Crippen molar-refractivity contribution < 1.29 is 19.8 Å². The van der Waals surface area contributed by atoms with Gasteiger partial charge < -0.3 is 10.2 Å². The first kappa shape index (κ1) is 20.3. The largest absolute Gasteiger partial charge is 0.481 e. The molecule has 5 heteroatoms. The van der Waals surface area contributed by atoms with Crippen molar-refractivity contribution in [2.45, 2.75) is 68.4 Å². The molecule has 0 aromatic rings. The second-order valence-electron chi connectivity index (χ2n) is 4.91. The molecule has 1 atom stereocenters. The molecule has 0 radical (unpaired) electrons. The fourth-order valence-electron chi connectivity index (χ4n) is 1.46. The van der Waals surface area contributed by atoms with E-state index >= 15 is 0 Å². The molecule has 18 heavy (non-hydrogen) atoms. The zero-order valence-corrected chi connectivity index (χ0v) is 13.9. The molecule has 0 aliphatic heterocycles. The van der Waals surface area contributed by atoms with Gasteiger partial charge in [0, 0.05) is 0 Å². The van der Waals surface area contributed by atoms with Gasteiger partial charge in [0.15, 0.2) is 0 Å². The zero-order chi connectivity index (χ0) is 14.4. The Morgan fingerprint density at radius 2 is 1.44 bits per heavy atom. The van der Waals surface area contributed by atoms with Crippen LogP contribution in [0.4, 0.5) is 0 Å². The Kier molecular flexibility index (Phi) is 16.9. The maximum atomic E-state index is 9.43. The third-order valence-electron chi connectivity index (χ3n) is 2.44. The maximum Gasteiger partial charge on any atom is 0.314 e. The van der Waals surface area contributed by atoms with E-state index in [0.717, 1.165) is 3.17 Å². The Morgan fingerprint density at radius 3 is 1.78 bits per heavy atom. The third-order valence-corrected chi connectivity index (χ3v) is 3.01. The van der Waals surface area contributed by atoms with Gasteiger partial charge in [0.1, 0.15) is 6.42 Å². The van der Waals surface area contributed by atoms with Crippen molar-refractivity contribution in [2.24, 2.45) is 0 Å². The van der Waals surface area contributed by atoms with Crippen LogP contribution in [0.3, 0.4) is 0 Å². The van der Waals surface area contributed by atoms with E-state index in [9.17, 15) is 9.59 Å². The van der Waals surface area contributed by atoms with Gasteiger partial charge in [-0.1, -0.05) is 0 Å². The Hall–Kier alpha value is -0.0600. The molecule has 0 heterocycles. The van der Waals surface area contributed by atoms with Gasteiger partial charge in [-0.15, -0.1) is 0 Å². The summed E-state index contributed by atoms with van der Waals surface area (Å²) in [7, 11) is 0. The van der Waals surface area contributed by atoms with Crippen molar-refractivity contribution in [3.8, 4) is 0 Å². The quantitative estimate of drug-likeness (QED) is 0.382. The minimum atomic E-state index is -1.31. The number of carboxylic acid groups (broad SMARTS) is 2. The molecule has 0 aromatic carbocycles. The topological polar surface area (TPSA) is 74.6 Å². The molecule has 0 aliphatic carbocycles. The molecule has 2 N–H and O–H groups in total. The summed E-state index contributed by atoms with van der Waals surface area (Å²) in [6.07, 6.45) is 9.39. The second kappa shape index (κ2) is 15.0. The first-order valence-corrected chi connectivity index (χ1v) is 7.99. The molecule has 0 saturated heterocycles. The minimum Gasteiger partial charge on any atom is -0.481 e. The van der Waals surface area contributed by atoms with Crippen molar-refractivity contribution in [2.75, 3.05) is 0 Å². The monoisotopic (exact) mass is 268 g/mol. The van der Waals surface area contributed by atoms with Crippen molar-refractivity contribution in [3.63, 3.8) is 0 Å². The number of hydrogen-bond acceptors (Lipinski definition) is 2. The van der Waals surface area contributed by atoms with Gasteiger partial charge in [0.2, 0.25) is 0 Å². The van der Waals surface area contributed by atoms with Crippen LogP contribution in [0, 0.1) is 0 Å². The van der Waals surface area contributed by atoms with E-state index in [0.29, 0.717) is 0 Å². The molecule has 0 aromatic heterocycles. The summed E-state index contributed by atoms with van der Waals surface area (Å²) in [5.74, 6) is -2.62.